The molecule has 2 aromatic heterocycles. The van der Waals surface area contributed by atoms with E-state index in [0.717, 1.165) is 16.8 Å². The summed E-state index contributed by atoms with van der Waals surface area (Å²) >= 11 is 0. The van der Waals surface area contributed by atoms with E-state index in [0.29, 0.717) is 44.1 Å². The van der Waals surface area contributed by atoms with Gasteiger partial charge < -0.3 is 10.2 Å². The summed E-state index contributed by atoms with van der Waals surface area (Å²) in [6, 6.07) is 9.37. The van der Waals surface area contributed by atoms with Gasteiger partial charge in [-0.2, -0.15) is 5.10 Å². The summed E-state index contributed by atoms with van der Waals surface area (Å²) in [7, 11) is 0. The fourth-order valence-electron chi connectivity index (χ4n) is 3.55. The summed E-state index contributed by atoms with van der Waals surface area (Å²) in [5, 5.41) is 7.02. The lowest BCUT2D eigenvalue weighted by molar-refractivity contribution is -0.117. The molecule has 0 aliphatic carbocycles. The first-order valence-corrected chi connectivity index (χ1v) is 10.2. The van der Waals surface area contributed by atoms with E-state index in [9.17, 15) is 9.59 Å². The minimum Gasteiger partial charge on any atom is -0.336 e. The van der Waals surface area contributed by atoms with Crippen molar-refractivity contribution < 1.29 is 9.59 Å². The molecule has 0 radical (unpaired) electrons. The molecule has 31 heavy (non-hydrogen) atoms. The molecule has 3 heterocycles. The normalized spacial score (nSPS) is 14.5. The van der Waals surface area contributed by atoms with Crippen molar-refractivity contribution >= 4 is 17.5 Å². The van der Waals surface area contributed by atoms with Gasteiger partial charge in [-0.05, 0) is 43.2 Å². The number of piperazine rings is 1. The molecule has 1 aromatic carbocycles. The number of aryl methyl sites for hydroxylation is 1. The van der Waals surface area contributed by atoms with Crippen molar-refractivity contribution in [2.75, 3.05) is 38.0 Å². The number of amides is 2. The molecule has 1 N–H and O–H groups in total. The van der Waals surface area contributed by atoms with Gasteiger partial charge in [-0.15, -0.1) is 0 Å². The average molecular weight is 419 g/mol. The van der Waals surface area contributed by atoms with Gasteiger partial charge in [-0.25, -0.2) is 14.6 Å². The first-order valence-electron chi connectivity index (χ1n) is 10.2. The van der Waals surface area contributed by atoms with Crippen molar-refractivity contribution in [3.63, 3.8) is 0 Å². The van der Waals surface area contributed by atoms with E-state index < -0.39 is 0 Å². The van der Waals surface area contributed by atoms with Crippen LogP contribution in [0.1, 0.15) is 21.5 Å². The Morgan fingerprint density at radius 3 is 2.55 bits per heavy atom. The average Bonchev–Trinajstić information content (AvgIpc) is 3.32. The molecule has 9 nitrogen and oxygen atoms in total. The Hall–Kier alpha value is -3.59. The van der Waals surface area contributed by atoms with Crippen LogP contribution in [0, 0.1) is 13.8 Å². The lowest BCUT2D eigenvalue weighted by Crippen LogP contribution is -2.50. The maximum Gasteiger partial charge on any atom is 0.255 e. The Morgan fingerprint density at radius 1 is 1.06 bits per heavy atom. The summed E-state index contributed by atoms with van der Waals surface area (Å²) in [4.78, 5) is 37.3. The number of benzene rings is 1. The van der Waals surface area contributed by atoms with E-state index in [1.165, 1.54) is 11.0 Å². The molecule has 1 fully saturated rings. The molecule has 0 atom stereocenters. The Balaban J connectivity index is 1.28. The lowest BCUT2D eigenvalue weighted by Gasteiger charge is -2.34. The number of nitrogens with zero attached hydrogens (tertiary/aromatic N) is 6. The van der Waals surface area contributed by atoms with Crippen LogP contribution >= 0.6 is 0 Å². The molecule has 2 amide bonds. The predicted molar refractivity (Wildman–Crippen MR) is 116 cm³/mol. The van der Waals surface area contributed by atoms with Crippen LogP contribution in [0.15, 0.2) is 49.2 Å². The maximum atomic E-state index is 12.8. The van der Waals surface area contributed by atoms with Crippen LogP contribution in [-0.4, -0.2) is 74.1 Å². The summed E-state index contributed by atoms with van der Waals surface area (Å²) in [5.74, 6) is 0.507. The van der Waals surface area contributed by atoms with Crippen LogP contribution in [0.25, 0.3) is 5.82 Å². The third-order valence-corrected chi connectivity index (χ3v) is 5.55. The highest BCUT2D eigenvalue weighted by Crippen LogP contribution is 2.18. The summed E-state index contributed by atoms with van der Waals surface area (Å²) in [5.41, 5.74) is 3.61. The van der Waals surface area contributed by atoms with E-state index in [1.54, 1.807) is 29.6 Å². The summed E-state index contributed by atoms with van der Waals surface area (Å²) < 4.78 is 1.54. The first kappa shape index (κ1) is 20.7. The van der Waals surface area contributed by atoms with Crippen molar-refractivity contribution in [1.29, 1.82) is 0 Å². The quantitative estimate of drug-likeness (QED) is 0.676. The van der Waals surface area contributed by atoms with Gasteiger partial charge in [0.15, 0.2) is 5.82 Å². The first-order chi connectivity index (χ1) is 15.0. The van der Waals surface area contributed by atoms with Crippen molar-refractivity contribution in [1.82, 2.24) is 29.5 Å². The molecule has 3 aromatic rings. The van der Waals surface area contributed by atoms with Gasteiger partial charge >= 0.3 is 0 Å². The van der Waals surface area contributed by atoms with Gasteiger partial charge in [-0.1, -0.05) is 12.1 Å². The predicted octanol–water partition coefficient (Wildman–Crippen LogP) is 1.68. The highest BCUT2D eigenvalue weighted by Gasteiger charge is 2.23. The second kappa shape index (κ2) is 9.05. The zero-order valence-corrected chi connectivity index (χ0v) is 17.7. The third kappa shape index (κ3) is 4.77. The fourth-order valence-corrected chi connectivity index (χ4v) is 3.55. The highest BCUT2D eigenvalue weighted by atomic mass is 16.2. The summed E-state index contributed by atoms with van der Waals surface area (Å²) in [6.07, 6.45) is 4.55. The molecule has 0 saturated carbocycles. The van der Waals surface area contributed by atoms with E-state index in [1.807, 2.05) is 32.0 Å². The van der Waals surface area contributed by atoms with Crippen LogP contribution in [0.5, 0.6) is 0 Å². The second-order valence-electron chi connectivity index (χ2n) is 7.61. The van der Waals surface area contributed by atoms with Gasteiger partial charge in [0.1, 0.15) is 12.7 Å². The molecule has 0 spiro atoms. The number of aromatic nitrogens is 4. The largest absolute Gasteiger partial charge is 0.336 e. The van der Waals surface area contributed by atoms with Gasteiger partial charge in [0.25, 0.3) is 5.91 Å². The highest BCUT2D eigenvalue weighted by molar-refractivity contribution is 5.94. The Bertz CT molecular complexity index is 1060. The number of hydrogen-bond donors (Lipinski definition) is 1. The van der Waals surface area contributed by atoms with Crippen molar-refractivity contribution in [2.24, 2.45) is 0 Å². The second-order valence-corrected chi connectivity index (χ2v) is 7.61. The van der Waals surface area contributed by atoms with Gasteiger partial charge in [0, 0.05) is 38.1 Å². The zero-order chi connectivity index (χ0) is 21.8. The summed E-state index contributed by atoms with van der Waals surface area (Å²) in [6.45, 7) is 6.78. The zero-order valence-electron chi connectivity index (χ0n) is 17.7. The molecule has 1 aliphatic rings. The van der Waals surface area contributed by atoms with Crippen LogP contribution in [-0.2, 0) is 4.79 Å². The number of hydrogen-bond acceptors (Lipinski definition) is 6. The Kier molecular flexibility index (Phi) is 6.03. The van der Waals surface area contributed by atoms with Crippen molar-refractivity contribution in [3.05, 3.63) is 65.9 Å². The van der Waals surface area contributed by atoms with Gasteiger partial charge in [-0.3, -0.25) is 14.5 Å². The van der Waals surface area contributed by atoms with E-state index in [2.05, 4.69) is 25.3 Å². The minimum atomic E-state index is -0.0582. The molecule has 0 unspecified atom stereocenters. The smallest absolute Gasteiger partial charge is 0.255 e. The van der Waals surface area contributed by atoms with Crippen LogP contribution in [0.3, 0.4) is 0 Å². The molecule has 1 aliphatic heterocycles. The molecule has 1 saturated heterocycles. The fraction of sp³-hybridized carbons (Fsp3) is 0.318. The van der Waals surface area contributed by atoms with Gasteiger partial charge in [0.2, 0.25) is 5.91 Å². The molecule has 160 valence electrons. The molecule has 4 rings (SSSR count). The molecule has 9 heteroatoms. The van der Waals surface area contributed by atoms with E-state index >= 15 is 0 Å². The SMILES string of the molecule is Cc1cccc(NC(=O)CN2CCN(C(=O)c3ccc(-n4cncn4)nc3)CC2)c1C. The standard InChI is InChI=1S/C22H25N7O2/c1-16-4-3-5-19(17(16)2)26-21(30)13-27-8-10-28(11-9-27)22(31)18-6-7-20(24-12-18)29-15-23-14-25-29/h3-7,12,14-15H,8-11,13H2,1-2H3,(H,26,30). The number of anilines is 1. The van der Waals surface area contributed by atoms with E-state index in [-0.39, 0.29) is 11.8 Å². The number of pyridine rings is 1. The number of nitrogens with one attached hydrogen (secondary N) is 1. The van der Waals surface area contributed by atoms with Crippen molar-refractivity contribution in [3.8, 4) is 5.82 Å². The van der Waals surface area contributed by atoms with Crippen LogP contribution < -0.4 is 5.32 Å². The third-order valence-electron chi connectivity index (χ3n) is 5.55. The lowest BCUT2D eigenvalue weighted by atomic mass is 10.1. The molecular formula is C22H25N7O2. The number of carbonyl (C=O) groups excluding carboxylic acids is 2. The van der Waals surface area contributed by atoms with Crippen LogP contribution in [0.4, 0.5) is 5.69 Å². The number of rotatable bonds is 5. The van der Waals surface area contributed by atoms with Gasteiger partial charge in [0.05, 0.1) is 12.1 Å². The minimum absolute atomic E-state index is 0.0404. The van der Waals surface area contributed by atoms with E-state index in [4.69, 9.17) is 0 Å². The number of carbonyl (C=O) groups is 2. The Labute approximate surface area is 180 Å². The van der Waals surface area contributed by atoms with Crippen molar-refractivity contribution in [2.45, 2.75) is 13.8 Å². The molecular weight excluding hydrogens is 394 g/mol. The van der Waals surface area contributed by atoms with Crippen LogP contribution in [0.2, 0.25) is 0 Å². The Morgan fingerprint density at radius 2 is 1.87 bits per heavy atom. The maximum absolute atomic E-state index is 12.8. The topological polar surface area (TPSA) is 96.2 Å². The monoisotopic (exact) mass is 419 g/mol. The molecule has 0 bridgehead atoms.